The maximum absolute atomic E-state index is 5.81. The summed E-state index contributed by atoms with van der Waals surface area (Å²) in [6.07, 6.45) is 5.90. The first kappa shape index (κ1) is 11.6. The third-order valence-electron chi connectivity index (χ3n) is 4.66. The third kappa shape index (κ3) is 1.69. The van der Waals surface area contributed by atoms with Gasteiger partial charge in [0.25, 0.3) is 0 Å². The van der Waals surface area contributed by atoms with Crippen LogP contribution in [0.1, 0.15) is 39.2 Å². The molecule has 1 aromatic carbocycles. The fourth-order valence-corrected chi connectivity index (χ4v) is 3.51. The lowest BCUT2D eigenvalue weighted by atomic mass is 9.93. The van der Waals surface area contributed by atoms with Crippen molar-refractivity contribution in [2.24, 2.45) is 11.8 Å². The van der Waals surface area contributed by atoms with E-state index in [1.54, 1.807) is 0 Å². The number of aromatic nitrogens is 2. The fraction of sp³-hybridized carbons (Fsp3) is 0.533. The summed E-state index contributed by atoms with van der Waals surface area (Å²) >= 11 is 0. The quantitative estimate of drug-likeness (QED) is 0.819. The van der Waals surface area contributed by atoms with Crippen LogP contribution < -0.4 is 5.73 Å². The van der Waals surface area contributed by atoms with Crippen molar-refractivity contribution in [2.45, 2.75) is 39.2 Å². The normalized spacial score (nSPS) is 28.0. The van der Waals surface area contributed by atoms with Crippen LogP contribution in [0.3, 0.4) is 0 Å². The first-order valence-corrected chi connectivity index (χ1v) is 6.92. The maximum atomic E-state index is 5.81. The number of hydrogen-bond acceptors (Lipinski definition) is 2. The van der Waals surface area contributed by atoms with Crippen LogP contribution in [-0.2, 0) is 0 Å². The van der Waals surface area contributed by atoms with Gasteiger partial charge in [-0.25, -0.2) is 4.98 Å². The van der Waals surface area contributed by atoms with Gasteiger partial charge in [0.05, 0.1) is 17.4 Å². The molecule has 1 fully saturated rings. The smallest absolute Gasteiger partial charge is 0.0961 e. The van der Waals surface area contributed by atoms with E-state index in [0.29, 0.717) is 6.04 Å². The van der Waals surface area contributed by atoms with Crippen molar-refractivity contribution >= 4 is 16.7 Å². The van der Waals surface area contributed by atoms with Crippen LogP contribution in [0.15, 0.2) is 24.5 Å². The number of fused-ring (bicyclic) bond motifs is 1. The van der Waals surface area contributed by atoms with Gasteiger partial charge in [-0.2, -0.15) is 0 Å². The van der Waals surface area contributed by atoms with E-state index < -0.39 is 0 Å². The Balaban J connectivity index is 2.00. The highest BCUT2D eigenvalue weighted by Crippen LogP contribution is 2.42. The average Bonchev–Trinajstić information content (AvgIpc) is 2.92. The Hall–Kier alpha value is -1.51. The molecule has 0 bridgehead atoms. The lowest BCUT2D eigenvalue weighted by Gasteiger charge is -2.21. The molecular weight excluding hydrogens is 222 g/mol. The summed E-state index contributed by atoms with van der Waals surface area (Å²) in [5.74, 6) is 1.60. The average molecular weight is 243 g/mol. The summed E-state index contributed by atoms with van der Waals surface area (Å²) < 4.78 is 2.36. The summed E-state index contributed by atoms with van der Waals surface area (Å²) in [6.45, 7) is 4.69. The molecule has 3 atom stereocenters. The molecule has 0 amide bonds. The fourth-order valence-electron chi connectivity index (χ4n) is 3.51. The zero-order chi connectivity index (χ0) is 12.7. The lowest BCUT2D eigenvalue weighted by Crippen LogP contribution is -2.14. The van der Waals surface area contributed by atoms with Crippen LogP contribution >= 0.6 is 0 Å². The van der Waals surface area contributed by atoms with Crippen molar-refractivity contribution in [1.82, 2.24) is 9.55 Å². The van der Waals surface area contributed by atoms with E-state index in [9.17, 15) is 0 Å². The molecule has 3 nitrogen and oxygen atoms in total. The maximum Gasteiger partial charge on any atom is 0.0961 e. The molecule has 3 rings (SSSR count). The number of benzene rings is 1. The molecule has 18 heavy (non-hydrogen) atoms. The van der Waals surface area contributed by atoms with Gasteiger partial charge in [-0.1, -0.05) is 20.3 Å². The molecule has 1 aliphatic rings. The van der Waals surface area contributed by atoms with Gasteiger partial charge in [0.15, 0.2) is 0 Å². The predicted molar refractivity (Wildman–Crippen MR) is 75.4 cm³/mol. The van der Waals surface area contributed by atoms with E-state index in [2.05, 4.69) is 29.5 Å². The van der Waals surface area contributed by atoms with Crippen LogP contribution in [0.2, 0.25) is 0 Å². The van der Waals surface area contributed by atoms with Crippen LogP contribution in [0.25, 0.3) is 11.0 Å². The lowest BCUT2D eigenvalue weighted by molar-refractivity contribution is 0.334. The monoisotopic (exact) mass is 243 g/mol. The SMILES string of the molecule is CCC1CCC(n2cnc3cc(N)ccc32)C1C. The molecule has 2 aromatic rings. The molecule has 0 saturated heterocycles. The molecule has 1 aromatic heterocycles. The highest BCUT2D eigenvalue weighted by Gasteiger charge is 2.33. The van der Waals surface area contributed by atoms with Crippen LogP contribution in [0.4, 0.5) is 5.69 Å². The van der Waals surface area contributed by atoms with Crippen molar-refractivity contribution in [3.63, 3.8) is 0 Å². The van der Waals surface area contributed by atoms with Gasteiger partial charge in [-0.3, -0.25) is 0 Å². The van der Waals surface area contributed by atoms with E-state index in [4.69, 9.17) is 5.73 Å². The molecule has 1 saturated carbocycles. The summed E-state index contributed by atoms with van der Waals surface area (Å²) in [5, 5.41) is 0. The molecular formula is C15H21N3. The Labute approximate surface area is 108 Å². The zero-order valence-electron chi connectivity index (χ0n) is 11.1. The molecule has 0 spiro atoms. The Morgan fingerprint density at radius 2 is 2.22 bits per heavy atom. The molecule has 0 radical (unpaired) electrons. The molecule has 0 aliphatic heterocycles. The number of rotatable bonds is 2. The first-order chi connectivity index (χ1) is 8.70. The Kier molecular flexibility index (Phi) is 2.77. The topological polar surface area (TPSA) is 43.8 Å². The van der Waals surface area contributed by atoms with Gasteiger partial charge in [0, 0.05) is 11.7 Å². The van der Waals surface area contributed by atoms with Gasteiger partial charge in [-0.15, -0.1) is 0 Å². The minimum Gasteiger partial charge on any atom is -0.399 e. The van der Waals surface area contributed by atoms with Crippen molar-refractivity contribution < 1.29 is 0 Å². The number of nitrogens with two attached hydrogens (primary N) is 1. The number of nitrogens with zero attached hydrogens (tertiary/aromatic N) is 2. The van der Waals surface area contributed by atoms with Gasteiger partial charge in [-0.05, 0) is 42.9 Å². The highest BCUT2D eigenvalue weighted by molar-refractivity contribution is 5.79. The highest BCUT2D eigenvalue weighted by atomic mass is 15.1. The number of nitrogen functional groups attached to an aromatic ring is 1. The van der Waals surface area contributed by atoms with Crippen LogP contribution in [0.5, 0.6) is 0 Å². The van der Waals surface area contributed by atoms with Crippen LogP contribution in [0, 0.1) is 11.8 Å². The summed E-state index contributed by atoms with van der Waals surface area (Å²) in [7, 11) is 0. The second-order valence-corrected chi connectivity index (χ2v) is 5.57. The van der Waals surface area contributed by atoms with E-state index in [-0.39, 0.29) is 0 Å². The van der Waals surface area contributed by atoms with E-state index in [1.807, 2.05) is 18.5 Å². The van der Waals surface area contributed by atoms with Gasteiger partial charge in [0.1, 0.15) is 0 Å². The Bertz CT molecular complexity index is 558. The first-order valence-electron chi connectivity index (χ1n) is 6.92. The van der Waals surface area contributed by atoms with Gasteiger partial charge >= 0.3 is 0 Å². The van der Waals surface area contributed by atoms with Crippen molar-refractivity contribution in [2.75, 3.05) is 5.73 Å². The van der Waals surface area contributed by atoms with E-state index >= 15 is 0 Å². The van der Waals surface area contributed by atoms with Crippen LogP contribution in [-0.4, -0.2) is 9.55 Å². The van der Waals surface area contributed by atoms with Crippen molar-refractivity contribution in [1.29, 1.82) is 0 Å². The molecule has 3 unspecified atom stereocenters. The van der Waals surface area contributed by atoms with Gasteiger partial charge in [0.2, 0.25) is 0 Å². The Morgan fingerprint density at radius 3 is 2.94 bits per heavy atom. The minimum atomic E-state index is 0.601. The summed E-state index contributed by atoms with van der Waals surface area (Å²) in [5.41, 5.74) is 8.83. The summed E-state index contributed by atoms with van der Waals surface area (Å²) in [4.78, 5) is 4.49. The number of hydrogen-bond donors (Lipinski definition) is 1. The molecule has 96 valence electrons. The molecule has 1 aliphatic carbocycles. The molecule has 2 N–H and O–H groups in total. The number of imidazole rings is 1. The minimum absolute atomic E-state index is 0.601. The second kappa shape index (κ2) is 4.30. The Morgan fingerprint density at radius 1 is 1.39 bits per heavy atom. The van der Waals surface area contributed by atoms with E-state index in [1.165, 1.54) is 24.8 Å². The number of anilines is 1. The second-order valence-electron chi connectivity index (χ2n) is 5.57. The molecule has 1 heterocycles. The van der Waals surface area contributed by atoms with Gasteiger partial charge < -0.3 is 10.3 Å². The summed E-state index contributed by atoms with van der Waals surface area (Å²) in [6, 6.07) is 6.63. The van der Waals surface area contributed by atoms with Crippen molar-refractivity contribution in [3.05, 3.63) is 24.5 Å². The molecule has 3 heteroatoms. The largest absolute Gasteiger partial charge is 0.399 e. The third-order valence-corrected chi connectivity index (χ3v) is 4.66. The standard InChI is InChI=1S/C15H21N3/c1-3-11-4-6-14(10(11)2)18-9-17-13-8-12(16)5-7-15(13)18/h5,7-11,14H,3-4,6,16H2,1-2H3. The predicted octanol–water partition coefficient (Wildman–Crippen LogP) is 3.62. The van der Waals surface area contributed by atoms with E-state index in [0.717, 1.165) is 23.0 Å². The zero-order valence-corrected chi connectivity index (χ0v) is 11.1. The van der Waals surface area contributed by atoms with Crippen molar-refractivity contribution in [3.8, 4) is 0 Å².